The second-order valence-corrected chi connectivity index (χ2v) is 10.5. The van der Waals surface area contributed by atoms with Crippen LogP contribution in [0.4, 0.5) is 0 Å². The lowest BCUT2D eigenvalue weighted by atomic mass is 9.81. The van der Waals surface area contributed by atoms with E-state index in [0.29, 0.717) is 17.3 Å². The van der Waals surface area contributed by atoms with Crippen molar-refractivity contribution in [2.24, 2.45) is 0 Å². The molecule has 0 aliphatic heterocycles. The van der Waals surface area contributed by atoms with Gasteiger partial charge in [0.2, 0.25) is 5.71 Å². The highest BCUT2D eigenvalue weighted by Gasteiger charge is 2.43. The van der Waals surface area contributed by atoms with Crippen molar-refractivity contribution in [3.63, 3.8) is 0 Å². The highest BCUT2D eigenvalue weighted by molar-refractivity contribution is 6.12. The minimum Gasteiger partial charge on any atom is -0.439 e. The zero-order chi connectivity index (χ0) is 26.1. The largest absolute Gasteiger partial charge is 0.439 e. The van der Waals surface area contributed by atoms with Crippen molar-refractivity contribution >= 4 is 22.1 Å². The fraction of sp³-hybridized carbons (Fsp3) is 0.0882. The van der Waals surface area contributed by atoms with Gasteiger partial charge in [-0.1, -0.05) is 117 Å². The third-order valence-corrected chi connectivity index (χ3v) is 7.93. The van der Waals surface area contributed by atoms with E-state index in [1.165, 1.54) is 16.7 Å². The Morgan fingerprint density at radius 3 is 2.15 bits per heavy atom. The number of benzene rings is 4. The van der Waals surface area contributed by atoms with Crippen LogP contribution in [0.1, 0.15) is 25.0 Å². The molecule has 7 aromatic rings. The molecule has 1 aliphatic rings. The second-order valence-electron chi connectivity index (χ2n) is 10.5. The highest BCUT2D eigenvalue weighted by Crippen LogP contribution is 2.55. The van der Waals surface area contributed by atoms with Gasteiger partial charge in [-0.05, 0) is 11.6 Å². The van der Waals surface area contributed by atoms with Crippen molar-refractivity contribution in [1.29, 1.82) is 0 Å². The molecular formula is C34H24N4O. The van der Waals surface area contributed by atoms with Crippen LogP contribution in [-0.2, 0) is 5.41 Å². The van der Waals surface area contributed by atoms with Gasteiger partial charge in [0, 0.05) is 33.1 Å². The van der Waals surface area contributed by atoms with Crippen LogP contribution in [0.2, 0.25) is 0 Å². The normalized spacial score (nSPS) is 13.6. The molecule has 0 spiro atoms. The van der Waals surface area contributed by atoms with Crippen LogP contribution >= 0.6 is 0 Å². The molecule has 39 heavy (non-hydrogen) atoms. The van der Waals surface area contributed by atoms with Crippen molar-refractivity contribution in [2.45, 2.75) is 19.3 Å². The van der Waals surface area contributed by atoms with Crippen LogP contribution in [0.3, 0.4) is 0 Å². The number of rotatable bonds is 3. The van der Waals surface area contributed by atoms with E-state index in [4.69, 9.17) is 14.5 Å². The molecule has 0 unspecified atom stereocenters. The van der Waals surface area contributed by atoms with Gasteiger partial charge in [-0.15, -0.1) is 10.2 Å². The van der Waals surface area contributed by atoms with Gasteiger partial charge >= 0.3 is 0 Å². The lowest BCUT2D eigenvalue weighted by Crippen LogP contribution is -2.14. The summed E-state index contributed by atoms with van der Waals surface area (Å²) in [5, 5.41) is 11.6. The van der Waals surface area contributed by atoms with E-state index >= 15 is 0 Å². The number of para-hydroxylation sites is 1. The number of aromatic nitrogens is 4. The minimum atomic E-state index is -0.225. The van der Waals surface area contributed by atoms with Crippen LogP contribution in [-0.4, -0.2) is 19.7 Å². The first-order valence-electron chi connectivity index (χ1n) is 13.1. The van der Waals surface area contributed by atoms with Gasteiger partial charge in [0.15, 0.2) is 11.6 Å². The molecule has 0 amide bonds. The molecule has 8 rings (SSSR count). The second kappa shape index (κ2) is 7.98. The minimum absolute atomic E-state index is 0.225. The Morgan fingerprint density at radius 2 is 1.36 bits per heavy atom. The molecular weight excluding hydrogens is 480 g/mol. The predicted molar refractivity (Wildman–Crippen MR) is 155 cm³/mol. The van der Waals surface area contributed by atoms with E-state index in [1.807, 2.05) is 60.7 Å². The summed E-state index contributed by atoms with van der Waals surface area (Å²) in [6.07, 6.45) is 0. The predicted octanol–water partition coefficient (Wildman–Crippen LogP) is 8.20. The van der Waals surface area contributed by atoms with Crippen LogP contribution in [0.15, 0.2) is 114 Å². The van der Waals surface area contributed by atoms with Gasteiger partial charge in [0.25, 0.3) is 0 Å². The quantitative estimate of drug-likeness (QED) is 0.243. The fourth-order valence-electron chi connectivity index (χ4n) is 6.16. The Balaban J connectivity index is 1.56. The zero-order valence-corrected chi connectivity index (χ0v) is 21.6. The molecule has 3 heterocycles. The van der Waals surface area contributed by atoms with E-state index < -0.39 is 0 Å². The summed E-state index contributed by atoms with van der Waals surface area (Å²) in [6.45, 7) is 4.60. The molecule has 4 aromatic carbocycles. The SMILES string of the molecule is CC1(C)c2ccccc2-c2c1c1c3ccccc3oc1n2-c1nc(-c2ccccc2)nnc1-c1ccccc1. The van der Waals surface area contributed by atoms with Crippen molar-refractivity contribution in [2.75, 3.05) is 0 Å². The number of nitrogens with zero attached hydrogens (tertiary/aromatic N) is 4. The molecule has 0 atom stereocenters. The topological polar surface area (TPSA) is 56.7 Å². The summed E-state index contributed by atoms with van der Waals surface area (Å²) in [5.74, 6) is 1.27. The molecule has 5 nitrogen and oxygen atoms in total. The van der Waals surface area contributed by atoms with Gasteiger partial charge in [0.05, 0.1) is 11.1 Å². The lowest BCUT2D eigenvalue weighted by Gasteiger charge is -2.20. The van der Waals surface area contributed by atoms with E-state index in [2.05, 4.69) is 72.0 Å². The van der Waals surface area contributed by atoms with Crippen molar-refractivity contribution in [1.82, 2.24) is 19.7 Å². The Bertz CT molecular complexity index is 2040. The Labute approximate surface area is 225 Å². The van der Waals surface area contributed by atoms with Gasteiger partial charge in [-0.3, -0.25) is 4.57 Å². The number of furan rings is 1. The first-order valence-corrected chi connectivity index (χ1v) is 13.1. The van der Waals surface area contributed by atoms with E-state index in [1.54, 1.807) is 0 Å². The lowest BCUT2D eigenvalue weighted by molar-refractivity contribution is 0.641. The van der Waals surface area contributed by atoms with Crippen LogP contribution in [0.5, 0.6) is 0 Å². The maximum atomic E-state index is 6.65. The molecule has 1 aliphatic carbocycles. The monoisotopic (exact) mass is 504 g/mol. The van der Waals surface area contributed by atoms with Gasteiger partial charge < -0.3 is 4.42 Å². The molecule has 0 saturated carbocycles. The molecule has 3 aromatic heterocycles. The van der Waals surface area contributed by atoms with Crippen molar-refractivity contribution in [3.8, 4) is 39.7 Å². The maximum absolute atomic E-state index is 6.65. The third-order valence-electron chi connectivity index (χ3n) is 7.93. The molecule has 0 bridgehead atoms. The molecule has 0 saturated heterocycles. The summed E-state index contributed by atoms with van der Waals surface area (Å²) in [6, 6.07) is 37.1. The summed E-state index contributed by atoms with van der Waals surface area (Å²) in [4.78, 5) is 5.21. The average Bonchev–Trinajstić information content (AvgIpc) is 3.59. The smallest absolute Gasteiger partial charge is 0.214 e. The standard InChI is InChI=1S/C34H24N4O/c1-34(2)25-19-11-9-17-23(25)30-28(34)27-24-18-10-12-20-26(24)39-33(27)38(30)32-29(21-13-5-3-6-14-21)36-37-31(35-32)22-15-7-4-8-16-22/h3-20H,1-2H3. The van der Waals surface area contributed by atoms with E-state index in [9.17, 15) is 0 Å². The van der Waals surface area contributed by atoms with Gasteiger partial charge in [-0.25, -0.2) is 4.98 Å². The van der Waals surface area contributed by atoms with Crippen LogP contribution in [0, 0.1) is 0 Å². The summed E-state index contributed by atoms with van der Waals surface area (Å²) in [7, 11) is 0. The molecule has 5 heteroatoms. The summed E-state index contributed by atoms with van der Waals surface area (Å²) < 4.78 is 8.84. The summed E-state index contributed by atoms with van der Waals surface area (Å²) >= 11 is 0. The van der Waals surface area contributed by atoms with Crippen LogP contribution < -0.4 is 0 Å². The molecule has 186 valence electrons. The summed E-state index contributed by atoms with van der Waals surface area (Å²) in [5.41, 5.74) is 8.82. The molecule has 0 radical (unpaired) electrons. The van der Waals surface area contributed by atoms with Crippen molar-refractivity contribution < 1.29 is 4.42 Å². The van der Waals surface area contributed by atoms with Gasteiger partial charge in [0.1, 0.15) is 11.3 Å². The first kappa shape index (κ1) is 22.0. The average molecular weight is 505 g/mol. The van der Waals surface area contributed by atoms with Gasteiger partial charge in [-0.2, -0.15) is 0 Å². The number of hydrogen-bond donors (Lipinski definition) is 0. The number of fused-ring (bicyclic) bond motifs is 7. The Kier molecular flexibility index (Phi) is 4.50. The Morgan fingerprint density at radius 1 is 0.692 bits per heavy atom. The molecule has 0 fully saturated rings. The molecule has 0 N–H and O–H groups in total. The van der Waals surface area contributed by atoms with E-state index in [-0.39, 0.29) is 5.41 Å². The maximum Gasteiger partial charge on any atom is 0.214 e. The first-order chi connectivity index (χ1) is 19.1. The van der Waals surface area contributed by atoms with Crippen LogP contribution in [0.25, 0.3) is 61.8 Å². The third kappa shape index (κ3) is 3.04. The fourth-order valence-corrected chi connectivity index (χ4v) is 6.16. The Hall–Kier alpha value is -5.03. The zero-order valence-electron chi connectivity index (χ0n) is 21.6. The number of hydrogen-bond acceptors (Lipinski definition) is 4. The highest BCUT2D eigenvalue weighted by atomic mass is 16.3. The van der Waals surface area contributed by atoms with Crippen molar-refractivity contribution in [3.05, 3.63) is 120 Å². The van der Waals surface area contributed by atoms with E-state index in [0.717, 1.165) is 38.9 Å².